The summed E-state index contributed by atoms with van der Waals surface area (Å²) in [6.07, 6.45) is 2.35. The second kappa shape index (κ2) is 10.0. The smallest absolute Gasteiger partial charge is 0.171 e. The van der Waals surface area contributed by atoms with Crippen molar-refractivity contribution >= 4 is 0 Å². The molecule has 0 aliphatic rings. The molecular formula is C12H27NO3. The Hall–Kier alpha value is -0.160. The predicted molar refractivity (Wildman–Crippen MR) is 65.6 cm³/mol. The van der Waals surface area contributed by atoms with Gasteiger partial charge in [-0.2, -0.15) is 0 Å². The number of unbranched alkanes of at least 4 members (excludes halogenated alkanes) is 1. The van der Waals surface area contributed by atoms with Crippen LogP contribution in [0.1, 0.15) is 33.6 Å². The van der Waals surface area contributed by atoms with Gasteiger partial charge in [0, 0.05) is 20.8 Å². The van der Waals surface area contributed by atoms with Crippen molar-refractivity contribution in [2.75, 3.05) is 27.4 Å². The Balaban J connectivity index is 3.36. The minimum Gasteiger partial charge on any atom is -0.379 e. The lowest BCUT2D eigenvalue weighted by Gasteiger charge is -2.22. The van der Waals surface area contributed by atoms with Gasteiger partial charge in [0.1, 0.15) is 0 Å². The van der Waals surface area contributed by atoms with Gasteiger partial charge >= 0.3 is 0 Å². The fourth-order valence-corrected chi connectivity index (χ4v) is 1.48. The molecule has 0 aromatic heterocycles. The van der Waals surface area contributed by atoms with Crippen LogP contribution in [0.15, 0.2) is 0 Å². The Kier molecular flexibility index (Phi) is 9.92. The second-order valence-electron chi connectivity index (χ2n) is 4.21. The monoisotopic (exact) mass is 233 g/mol. The molecule has 16 heavy (non-hydrogen) atoms. The molecule has 0 aliphatic carbocycles. The molecule has 0 aliphatic heterocycles. The van der Waals surface area contributed by atoms with E-state index < -0.39 is 0 Å². The minimum atomic E-state index is -0.174. The lowest BCUT2D eigenvalue weighted by molar-refractivity contribution is -0.119. The summed E-state index contributed by atoms with van der Waals surface area (Å²) in [6, 6.07) is 0.209. The molecule has 0 rings (SSSR count). The van der Waals surface area contributed by atoms with E-state index in [1.165, 1.54) is 0 Å². The largest absolute Gasteiger partial charge is 0.379 e. The van der Waals surface area contributed by atoms with Gasteiger partial charge in [-0.3, -0.25) is 0 Å². The molecule has 0 aromatic rings. The van der Waals surface area contributed by atoms with Crippen molar-refractivity contribution in [3.63, 3.8) is 0 Å². The van der Waals surface area contributed by atoms with E-state index in [1.807, 2.05) is 0 Å². The summed E-state index contributed by atoms with van der Waals surface area (Å²) >= 11 is 0. The van der Waals surface area contributed by atoms with Gasteiger partial charge < -0.3 is 19.5 Å². The third kappa shape index (κ3) is 8.05. The van der Waals surface area contributed by atoms with Crippen LogP contribution in [0, 0.1) is 0 Å². The van der Waals surface area contributed by atoms with Crippen LogP contribution in [0.3, 0.4) is 0 Å². The van der Waals surface area contributed by atoms with Gasteiger partial charge in [-0.1, -0.05) is 0 Å². The molecule has 1 N–H and O–H groups in total. The summed E-state index contributed by atoms with van der Waals surface area (Å²) < 4.78 is 15.8. The zero-order valence-corrected chi connectivity index (χ0v) is 11.3. The normalized spacial score (nSPS) is 13.7. The topological polar surface area (TPSA) is 39.7 Å². The zero-order valence-electron chi connectivity index (χ0n) is 11.3. The third-order valence-corrected chi connectivity index (χ3v) is 2.36. The molecular weight excluding hydrogens is 206 g/mol. The maximum Gasteiger partial charge on any atom is 0.171 e. The average molecular weight is 233 g/mol. The van der Waals surface area contributed by atoms with Crippen molar-refractivity contribution in [3.05, 3.63) is 0 Å². The molecule has 0 amide bonds. The van der Waals surface area contributed by atoms with E-state index in [0.717, 1.165) is 26.0 Å². The van der Waals surface area contributed by atoms with E-state index in [0.29, 0.717) is 6.10 Å². The Morgan fingerprint density at radius 1 is 1.00 bits per heavy atom. The molecule has 0 saturated heterocycles. The first-order valence-corrected chi connectivity index (χ1v) is 6.02. The molecule has 4 nitrogen and oxygen atoms in total. The highest BCUT2D eigenvalue weighted by atomic mass is 16.7. The Morgan fingerprint density at radius 3 is 2.12 bits per heavy atom. The minimum absolute atomic E-state index is 0.174. The average Bonchev–Trinajstić information content (AvgIpc) is 2.24. The number of methoxy groups -OCH3 is 2. The summed E-state index contributed by atoms with van der Waals surface area (Å²) in [5, 5.41) is 3.37. The molecule has 0 bridgehead atoms. The van der Waals surface area contributed by atoms with Gasteiger partial charge in [0.15, 0.2) is 6.29 Å². The van der Waals surface area contributed by atoms with E-state index in [1.54, 1.807) is 14.2 Å². The standard InChI is InChI=1S/C12H27NO3/c1-10(2)16-9-7-6-8-13-11(3)12(14-4)15-5/h10-13H,6-9H2,1-5H3. The lowest BCUT2D eigenvalue weighted by Crippen LogP contribution is -2.40. The molecule has 98 valence electrons. The second-order valence-corrected chi connectivity index (χ2v) is 4.21. The van der Waals surface area contributed by atoms with Crippen LogP contribution in [0.5, 0.6) is 0 Å². The zero-order chi connectivity index (χ0) is 12.4. The van der Waals surface area contributed by atoms with Gasteiger partial charge in [-0.15, -0.1) is 0 Å². The summed E-state index contributed by atoms with van der Waals surface area (Å²) in [5.41, 5.74) is 0. The molecule has 1 unspecified atom stereocenters. The molecule has 0 saturated carbocycles. The number of nitrogens with one attached hydrogen (secondary N) is 1. The first-order chi connectivity index (χ1) is 7.61. The summed E-state index contributed by atoms with van der Waals surface area (Å²) in [5.74, 6) is 0. The third-order valence-electron chi connectivity index (χ3n) is 2.36. The van der Waals surface area contributed by atoms with Crippen LogP contribution in [0.2, 0.25) is 0 Å². The van der Waals surface area contributed by atoms with Crippen molar-refractivity contribution in [1.29, 1.82) is 0 Å². The van der Waals surface area contributed by atoms with Crippen LogP contribution in [-0.4, -0.2) is 45.8 Å². The van der Waals surface area contributed by atoms with Crippen LogP contribution >= 0.6 is 0 Å². The van der Waals surface area contributed by atoms with Crippen LogP contribution in [0.4, 0.5) is 0 Å². The summed E-state index contributed by atoms with van der Waals surface area (Å²) in [6.45, 7) is 7.98. The van der Waals surface area contributed by atoms with Crippen molar-refractivity contribution in [2.24, 2.45) is 0 Å². The van der Waals surface area contributed by atoms with E-state index in [4.69, 9.17) is 14.2 Å². The lowest BCUT2D eigenvalue weighted by atomic mass is 10.2. The molecule has 0 aromatic carbocycles. The first kappa shape index (κ1) is 15.8. The number of hydrogen-bond acceptors (Lipinski definition) is 4. The highest BCUT2D eigenvalue weighted by Gasteiger charge is 2.13. The molecule has 1 atom stereocenters. The number of ether oxygens (including phenoxy) is 3. The molecule has 0 spiro atoms. The summed E-state index contributed by atoms with van der Waals surface area (Å²) in [7, 11) is 3.31. The molecule has 0 radical (unpaired) electrons. The Bertz CT molecular complexity index is 149. The highest BCUT2D eigenvalue weighted by molar-refractivity contribution is 4.64. The first-order valence-electron chi connectivity index (χ1n) is 6.02. The maximum absolute atomic E-state index is 5.46. The molecule has 4 heteroatoms. The Morgan fingerprint density at radius 2 is 1.62 bits per heavy atom. The van der Waals surface area contributed by atoms with E-state index in [2.05, 4.69) is 26.1 Å². The van der Waals surface area contributed by atoms with Crippen molar-refractivity contribution in [3.8, 4) is 0 Å². The van der Waals surface area contributed by atoms with Crippen molar-refractivity contribution < 1.29 is 14.2 Å². The Labute approximate surface area is 99.6 Å². The highest BCUT2D eigenvalue weighted by Crippen LogP contribution is 1.99. The fraction of sp³-hybridized carbons (Fsp3) is 1.00. The van der Waals surface area contributed by atoms with Crippen LogP contribution < -0.4 is 5.32 Å². The molecule has 0 fully saturated rings. The predicted octanol–water partition coefficient (Wildman–Crippen LogP) is 1.79. The van der Waals surface area contributed by atoms with E-state index in [-0.39, 0.29) is 12.3 Å². The summed E-state index contributed by atoms with van der Waals surface area (Å²) in [4.78, 5) is 0. The van der Waals surface area contributed by atoms with Crippen molar-refractivity contribution in [2.45, 2.75) is 52.0 Å². The van der Waals surface area contributed by atoms with Gasteiger partial charge in [-0.05, 0) is 40.2 Å². The van der Waals surface area contributed by atoms with Crippen molar-refractivity contribution in [1.82, 2.24) is 5.32 Å². The van der Waals surface area contributed by atoms with Crippen LogP contribution in [0.25, 0.3) is 0 Å². The number of hydrogen-bond donors (Lipinski definition) is 1. The van der Waals surface area contributed by atoms with Gasteiger partial charge in [-0.25, -0.2) is 0 Å². The van der Waals surface area contributed by atoms with E-state index in [9.17, 15) is 0 Å². The maximum atomic E-state index is 5.46. The quantitative estimate of drug-likeness (QED) is 0.461. The van der Waals surface area contributed by atoms with Gasteiger partial charge in [0.05, 0.1) is 12.1 Å². The van der Waals surface area contributed by atoms with Gasteiger partial charge in [0.2, 0.25) is 0 Å². The SMILES string of the molecule is COC(OC)C(C)NCCCCOC(C)C. The van der Waals surface area contributed by atoms with Crippen LogP contribution in [-0.2, 0) is 14.2 Å². The molecule has 0 heterocycles. The fourth-order valence-electron chi connectivity index (χ4n) is 1.48. The van der Waals surface area contributed by atoms with E-state index >= 15 is 0 Å². The number of rotatable bonds is 10. The van der Waals surface area contributed by atoms with Gasteiger partial charge in [0.25, 0.3) is 0 Å².